The van der Waals surface area contributed by atoms with E-state index in [2.05, 4.69) is 33.2 Å². The molecule has 8 heteroatoms. The lowest BCUT2D eigenvalue weighted by molar-refractivity contribution is -0.116. The fraction of sp³-hybridized carbons (Fsp3) is 0.368. The fourth-order valence-electron chi connectivity index (χ4n) is 3.29. The highest BCUT2D eigenvalue weighted by Crippen LogP contribution is 2.25. The molecule has 27 heavy (non-hydrogen) atoms. The van der Waals surface area contributed by atoms with Gasteiger partial charge in [0.05, 0.1) is 11.7 Å². The number of benzene rings is 1. The zero-order chi connectivity index (χ0) is 19.2. The van der Waals surface area contributed by atoms with Crippen LogP contribution in [-0.4, -0.2) is 48.6 Å². The highest BCUT2D eigenvalue weighted by molar-refractivity contribution is 7.12. The standard InChI is InChI=1S/C19H24N4O3S/c1-23(9-7-16(24)21-15-8-10-27-18(15)19(25)26)12-14-11-20-22-17(14)13-5-3-2-4-6-13/h2-6,8,10,14,17,20,22H,7,9,11-12H2,1H3,(H,21,24)(H,25,26). The largest absolute Gasteiger partial charge is 0.477 e. The molecule has 0 aliphatic carbocycles. The average molecular weight is 388 g/mol. The number of carbonyl (C=O) groups is 2. The molecule has 1 aliphatic rings. The first-order valence-electron chi connectivity index (χ1n) is 8.87. The SMILES string of the molecule is CN(CCC(=O)Nc1ccsc1C(=O)O)CC1CNNC1c1ccccc1. The van der Waals surface area contributed by atoms with Crippen molar-refractivity contribution in [2.24, 2.45) is 5.92 Å². The minimum Gasteiger partial charge on any atom is -0.477 e. The Morgan fingerprint density at radius 2 is 2.07 bits per heavy atom. The van der Waals surface area contributed by atoms with Gasteiger partial charge in [-0.2, -0.15) is 0 Å². The molecule has 1 aliphatic heterocycles. The molecule has 4 N–H and O–H groups in total. The van der Waals surface area contributed by atoms with Gasteiger partial charge in [0.1, 0.15) is 4.88 Å². The molecule has 1 amide bonds. The minimum atomic E-state index is -1.02. The maximum atomic E-state index is 12.2. The van der Waals surface area contributed by atoms with Crippen molar-refractivity contribution in [2.45, 2.75) is 12.5 Å². The Morgan fingerprint density at radius 1 is 1.30 bits per heavy atom. The summed E-state index contributed by atoms with van der Waals surface area (Å²) in [6.45, 7) is 2.33. The second-order valence-electron chi connectivity index (χ2n) is 6.70. The topological polar surface area (TPSA) is 93.7 Å². The number of carboxylic acids is 1. The maximum absolute atomic E-state index is 12.2. The van der Waals surface area contributed by atoms with Gasteiger partial charge in [-0.25, -0.2) is 10.2 Å². The maximum Gasteiger partial charge on any atom is 0.348 e. The van der Waals surface area contributed by atoms with Gasteiger partial charge >= 0.3 is 5.97 Å². The van der Waals surface area contributed by atoms with Crippen LogP contribution in [0.2, 0.25) is 0 Å². The normalized spacial score (nSPS) is 19.3. The van der Waals surface area contributed by atoms with E-state index >= 15 is 0 Å². The Balaban J connectivity index is 1.48. The number of carbonyl (C=O) groups excluding carboxylic acids is 1. The van der Waals surface area contributed by atoms with Crippen LogP contribution in [0.25, 0.3) is 0 Å². The smallest absolute Gasteiger partial charge is 0.348 e. The molecule has 0 radical (unpaired) electrons. The predicted molar refractivity (Wildman–Crippen MR) is 106 cm³/mol. The van der Waals surface area contributed by atoms with E-state index in [-0.39, 0.29) is 16.8 Å². The summed E-state index contributed by atoms with van der Waals surface area (Å²) in [6, 6.07) is 12.2. The summed E-state index contributed by atoms with van der Waals surface area (Å²) >= 11 is 1.10. The van der Waals surface area contributed by atoms with Crippen molar-refractivity contribution in [1.82, 2.24) is 15.8 Å². The predicted octanol–water partition coefficient (Wildman–Crippen LogP) is 2.17. The molecule has 0 spiro atoms. The second kappa shape index (κ2) is 9.09. The van der Waals surface area contributed by atoms with Crippen molar-refractivity contribution in [1.29, 1.82) is 0 Å². The molecule has 1 fully saturated rings. The summed E-state index contributed by atoms with van der Waals surface area (Å²) in [5.74, 6) is -0.799. The van der Waals surface area contributed by atoms with Crippen LogP contribution in [0.5, 0.6) is 0 Å². The van der Waals surface area contributed by atoms with Gasteiger partial charge in [0.2, 0.25) is 5.91 Å². The molecule has 2 unspecified atom stereocenters. The van der Waals surface area contributed by atoms with Gasteiger partial charge in [-0.15, -0.1) is 11.3 Å². The summed E-state index contributed by atoms with van der Waals surface area (Å²) in [7, 11) is 2.00. The first-order valence-corrected chi connectivity index (χ1v) is 9.75. The number of anilines is 1. The van der Waals surface area contributed by atoms with E-state index in [0.29, 0.717) is 24.6 Å². The molecule has 7 nitrogen and oxygen atoms in total. The molecule has 3 rings (SSSR count). The van der Waals surface area contributed by atoms with Crippen LogP contribution in [0.1, 0.15) is 27.7 Å². The number of carboxylic acid groups (broad SMARTS) is 1. The van der Waals surface area contributed by atoms with Crippen LogP contribution < -0.4 is 16.2 Å². The van der Waals surface area contributed by atoms with Gasteiger partial charge in [0.25, 0.3) is 0 Å². The van der Waals surface area contributed by atoms with Crippen molar-refractivity contribution in [3.63, 3.8) is 0 Å². The molecule has 1 aromatic heterocycles. The monoisotopic (exact) mass is 388 g/mol. The quantitative estimate of drug-likeness (QED) is 0.554. The number of nitrogens with one attached hydrogen (secondary N) is 3. The van der Waals surface area contributed by atoms with Gasteiger partial charge in [0.15, 0.2) is 0 Å². The molecular formula is C19H24N4O3S. The van der Waals surface area contributed by atoms with Crippen molar-refractivity contribution in [2.75, 3.05) is 32.0 Å². The number of hydrogen-bond acceptors (Lipinski definition) is 6. The molecule has 0 bridgehead atoms. The van der Waals surface area contributed by atoms with Crippen LogP contribution in [0.15, 0.2) is 41.8 Å². The van der Waals surface area contributed by atoms with Crippen LogP contribution in [0, 0.1) is 5.92 Å². The molecule has 1 saturated heterocycles. The zero-order valence-electron chi connectivity index (χ0n) is 15.1. The van der Waals surface area contributed by atoms with Crippen molar-refractivity contribution >= 4 is 28.9 Å². The average Bonchev–Trinajstić information content (AvgIpc) is 3.30. The van der Waals surface area contributed by atoms with Crippen LogP contribution in [0.4, 0.5) is 5.69 Å². The summed E-state index contributed by atoms with van der Waals surface area (Å²) < 4.78 is 0. The van der Waals surface area contributed by atoms with E-state index in [1.807, 2.05) is 25.2 Å². The summed E-state index contributed by atoms with van der Waals surface area (Å²) in [5, 5.41) is 13.5. The van der Waals surface area contributed by atoms with E-state index in [4.69, 9.17) is 5.11 Å². The number of aromatic carboxylic acids is 1. The third kappa shape index (κ3) is 5.14. The van der Waals surface area contributed by atoms with Crippen molar-refractivity contribution < 1.29 is 14.7 Å². The number of amides is 1. The summed E-state index contributed by atoms with van der Waals surface area (Å²) in [5.41, 5.74) is 8.17. The molecule has 2 heterocycles. The van der Waals surface area contributed by atoms with Crippen molar-refractivity contribution in [3.8, 4) is 0 Å². The lowest BCUT2D eigenvalue weighted by Crippen LogP contribution is -2.32. The van der Waals surface area contributed by atoms with E-state index < -0.39 is 5.97 Å². The van der Waals surface area contributed by atoms with Crippen molar-refractivity contribution in [3.05, 3.63) is 52.2 Å². The van der Waals surface area contributed by atoms with Gasteiger partial charge in [0, 0.05) is 32.0 Å². The number of hydrazine groups is 1. The minimum absolute atomic E-state index is 0.158. The molecule has 2 aromatic rings. The van der Waals surface area contributed by atoms with Crippen LogP contribution in [0.3, 0.4) is 0 Å². The highest BCUT2D eigenvalue weighted by Gasteiger charge is 2.28. The third-order valence-electron chi connectivity index (χ3n) is 4.65. The van der Waals surface area contributed by atoms with Gasteiger partial charge in [-0.3, -0.25) is 10.2 Å². The summed E-state index contributed by atoms with van der Waals surface area (Å²) in [6.07, 6.45) is 0.314. The van der Waals surface area contributed by atoms with Gasteiger partial charge in [-0.05, 0) is 24.1 Å². The van der Waals surface area contributed by atoms with E-state index in [1.165, 1.54) is 5.56 Å². The Bertz CT molecular complexity index is 780. The Kier molecular flexibility index (Phi) is 6.57. The van der Waals surface area contributed by atoms with Gasteiger partial charge in [-0.1, -0.05) is 30.3 Å². The first kappa shape index (κ1) is 19.5. The van der Waals surface area contributed by atoms with E-state index in [9.17, 15) is 9.59 Å². The van der Waals surface area contributed by atoms with E-state index in [1.54, 1.807) is 11.4 Å². The lowest BCUT2D eigenvalue weighted by atomic mass is 9.94. The molecular weight excluding hydrogens is 364 g/mol. The first-order chi connectivity index (χ1) is 13.0. The molecule has 144 valence electrons. The number of hydrogen-bond donors (Lipinski definition) is 4. The van der Waals surface area contributed by atoms with Crippen LogP contribution in [-0.2, 0) is 4.79 Å². The highest BCUT2D eigenvalue weighted by atomic mass is 32.1. The van der Waals surface area contributed by atoms with E-state index in [0.717, 1.165) is 24.4 Å². The van der Waals surface area contributed by atoms with Gasteiger partial charge < -0.3 is 15.3 Å². The molecule has 1 aromatic carbocycles. The fourth-order valence-corrected chi connectivity index (χ4v) is 3.98. The number of rotatable bonds is 8. The number of nitrogens with zero attached hydrogens (tertiary/aromatic N) is 1. The molecule has 2 atom stereocenters. The Hall–Kier alpha value is -2.26. The third-order valence-corrected chi connectivity index (χ3v) is 5.55. The summed E-state index contributed by atoms with van der Waals surface area (Å²) in [4.78, 5) is 25.6. The zero-order valence-corrected chi connectivity index (χ0v) is 16.0. The second-order valence-corrected chi connectivity index (χ2v) is 7.62. The molecule has 0 saturated carbocycles. The number of thiophene rings is 1. The Labute approximate surface area is 162 Å². The Morgan fingerprint density at radius 3 is 2.81 bits per heavy atom. The lowest BCUT2D eigenvalue weighted by Gasteiger charge is -2.24. The van der Waals surface area contributed by atoms with Crippen LogP contribution >= 0.6 is 11.3 Å².